The van der Waals surface area contributed by atoms with E-state index in [0.29, 0.717) is 14.2 Å². The highest BCUT2D eigenvalue weighted by molar-refractivity contribution is 7.20. The Balaban J connectivity index is 2.32. The summed E-state index contributed by atoms with van der Waals surface area (Å²) in [6.07, 6.45) is 2.88. The van der Waals surface area contributed by atoms with Crippen LogP contribution in [0.3, 0.4) is 0 Å². The summed E-state index contributed by atoms with van der Waals surface area (Å²) >= 11 is 13.0. The van der Waals surface area contributed by atoms with Crippen molar-refractivity contribution in [2.24, 2.45) is 5.41 Å². The topological polar surface area (TPSA) is 17.1 Å². The van der Waals surface area contributed by atoms with E-state index in [9.17, 15) is 4.79 Å². The van der Waals surface area contributed by atoms with Gasteiger partial charge in [-0.15, -0.1) is 11.3 Å². The van der Waals surface area contributed by atoms with E-state index in [2.05, 4.69) is 0 Å². The Labute approximate surface area is 97.0 Å². The van der Waals surface area contributed by atoms with Gasteiger partial charge in [0.1, 0.15) is 4.34 Å². The first-order valence-electron chi connectivity index (χ1n) is 4.59. The van der Waals surface area contributed by atoms with Gasteiger partial charge in [0.2, 0.25) is 0 Å². The Kier molecular flexibility index (Phi) is 2.63. The lowest BCUT2D eigenvalue weighted by Crippen LogP contribution is -2.14. The zero-order chi connectivity index (χ0) is 10.3. The molecule has 0 amide bonds. The minimum absolute atomic E-state index is 0.117. The molecule has 0 bridgehead atoms. The van der Waals surface area contributed by atoms with Crippen LogP contribution in [0, 0.1) is 5.41 Å². The third kappa shape index (κ3) is 1.60. The first-order chi connectivity index (χ1) is 6.59. The highest BCUT2D eigenvalue weighted by Gasteiger charge is 2.48. The average Bonchev–Trinajstić information content (AvgIpc) is 2.87. The molecule has 1 aliphatic rings. The van der Waals surface area contributed by atoms with Crippen LogP contribution in [0.1, 0.15) is 36.5 Å². The van der Waals surface area contributed by atoms with Gasteiger partial charge in [-0.05, 0) is 25.3 Å². The molecule has 0 aliphatic heterocycles. The predicted octanol–water partition coefficient (Wildman–Crippen LogP) is 4.43. The Morgan fingerprint density at radius 1 is 1.57 bits per heavy atom. The summed E-state index contributed by atoms with van der Waals surface area (Å²) in [4.78, 5) is 12.1. The fraction of sp³-hybridized carbons (Fsp3) is 0.500. The third-order valence-electron chi connectivity index (χ3n) is 2.91. The molecular weight excluding hydrogens is 239 g/mol. The lowest BCUT2D eigenvalue weighted by atomic mass is 9.94. The first-order valence-corrected chi connectivity index (χ1v) is 6.16. The smallest absolute Gasteiger partial charge is 0.171 e. The minimum atomic E-state index is -0.117. The molecule has 2 rings (SSSR count). The summed E-state index contributed by atoms with van der Waals surface area (Å²) in [5, 5.41) is 0. The summed E-state index contributed by atoms with van der Waals surface area (Å²) in [5.74, 6) is 0.174. The van der Waals surface area contributed by atoms with E-state index < -0.39 is 0 Å². The number of Topliss-reactive ketones (excluding diaryl/α,β-unsaturated/α-hetero) is 1. The fourth-order valence-electron chi connectivity index (χ4n) is 1.67. The Bertz CT molecular complexity index is 379. The lowest BCUT2D eigenvalue weighted by molar-refractivity contribution is 0.0897. The van der Waals surface area contributed by atoms with Crippen molar-refractivity contribution in [3.8, 4) is 0 Å². The van der Waals surface area contributed by atoms with Crippen LogP contribution in [-0.4, -0.2) is 5.78 Å². The van der Waals surface area contributed by atoms with Crippen molar-refractivity contribution in [3.05, 3.63) is 20.3 Å². The Morgan fingerprint density at radius 3 is 2.57 bits per heavy atom. The van der Waals surface area contributed by atoms with Gasteiger partial charge < -0.3 is 0 Å². The fourth-order valence-corrected chi connectivity index (χ4v) is 3.13. The third-order valence-corrected chi connectivity index (χ3v) is 4.40. The Morgan fingerprint density at radius 2 is 2.21 bits per heavy atom. The number of hydrogen-bond acceptors (Lipinski definition) is 2. The lowest BCUT2D eigenvalue weighted by Gasteiger charge is -2.09. The maximum atomic E-state index is 12.1. The molecule has 1 nitrogen and oxygen atoms in total. The molecule has 1 aromatic heterocycles. The van der Waals surface area contributed by atoms with Gasteiger partial charge in [0, 0.05) is 11.0 Å². The quantitative estimate of drug-likeness (QED) is 0.724. The van der Waals surface area contributed by atoms with Crippen LogP contribution in [0.15, 0.2) is 6.07 Å². The van der Waals surface area contributed by atoms with Crippen molar-refractivity contribution in [3.63, 3.8) is 0 Å². The molecule has 0 unspecified atom stereocenters. The van der Waals surface area contributed by atoms with Gasteiger partial charge in [-0.2, -0.15) is 0 Å². The van der Waals surface area contributed by atoms with Gasteiger partial charge in [-0.1, -0.05) is 30.1 Å². The maximum absolute atomic E-state index is 12.1. The highest BCUT2D eigenvalue weighted by Crippen LogP contribution is 2.52. The van der Waals surface area contributed by atoms with E-state index in [0.717, 1.165) is 19.3 Å². The molecule has 0 saturated heterocycles. The second-order valence-corrected chi connectivity index (χ2v) is 5.99. The molecule has 1 heterocycles. The highest BCUT2D eigenvalue weighted by atomic mass is 35.5. The molecule has 1 fully saturated rings. The molecule has 0 atom stereocenters. The van der Waals surface area contributed by atoms with E-state index in [1.807, 2.05) is 6.92 Å². The van der Waals surface area contributed by atoms with Crippen LogP contribution in [0.4, 0.5) is 0 Å². The normalized spacial score (nSPS) is 18.2. The van der Waals surface area contributed by atoms with E-state index >= 15 is 0 Å². The standard InChI is InChI=1S/C10H10Cl2OS/c1-2-10(3-4-10)8(13)6-5-7(11)14-9(6)12/h5H,2-4H2,1H3. The molecule has 76 valence electrons. The summed E-state index contributed by atoms with van der Waals surface area (Å²) < 4.78 is 1.12. The van der Waals surface area contributed by atoms with Crippen molar-refractivity contribution in [1.82, 2.24) is 0 Å². The summed E-state index contributed by atoms with van der Waals surface area (Å²) in [6, 6.07) is 1.69. The summed E-state index contributed by atoms with van der Waals surface area (Å²) in [5.41, 5.74) is 0.495. The number of rotatable bonds is 3. The summed E-state index contributed by atoms with van der Waals surface area (Å²) in [7, 11) is 0. The van der Waals surface area contributed by atoms with Crippen LogP contribution >= 0.6 is 34.5 Å². The van der Waals surface area contributed by atoms with Crippen LogP contribution < -0.4 is 0 Å². The molecule has 1 aromatic rings. The van der Waals surface area contributed by atoms with Crippen molar-refractivity contribution < 1.29 is 4.79 Å². The van der Waals surface area contributed by atoms with E-state index in [1.165, 1.54) is 11.3 Å². The molecule has 4 heteroatoms. The first kappa shape index (κ1) is 10.5. The van der Waals surface area contributed by atoms with E-state index in [-0.39, 0.29) is 11.2 Å². The maximum Gasteiger partial charge on any atom is 0.171 e. The van der Waals surface area contributed by atoms with Crippen LogP contribution in [0.5, 0.6) is 0 Å². The van der Waals surface area contributed by atoms with Gasteiger partial charge in [-0.3, -0.25) is 4.79 Å². The zero-order valence-electron chi connectivity index (χ0n) is 7.77. The van der Waals surface area contributed by atoms with Gasteiger partial charge in [0.05, 0.1) is 4.34 Å². The summed E-state index contributed by atoms with van der Waals surface area (Å²) in [6.45, 7) is 2.05. The number of halogens is 2. The molecule has 0 aromatic carbocycles. The van der Waals surface area contributed by atoms with E-state index in [4.69, 9.17) is 23.2 Å². The number of thiophene rings is 1. The zero-order valence-corrected chi connectivity index (χ0v) is 10.1. The van der Waals surface area contributed by atoms with Crippen molar-refractivity contribution in [2.75, 3.05) is 0 Å². The Hall–Kier alpha value is -0.0500. The number of ketones is 1. The second kappa shape index (κ2) is 3.51. The molecule has 14 heavy (non-hydrogen) atoms. The number of carbonyl (C=O) groups is 1. The SMILES string of the molecule is CCC1(C(=O)c2cc(Cl)sc2Cl)CC1. The van der Waals surface area contributed by atoms with Crippen molar-refractivity contribution in [1.29, 1.82) is 0 Å². The minimum Gasteiger partial charge on any atom is -0.293 e. The molecule has 1 saturated carbocycles. The van der Waals surface area contributed by atoms with Crippen LogP contribution in [0.2, 0.25) is 8.67 Å². The number of hydrogen-bond donors (Lipinski definition) is 0. The van der Waals surface area contributed by atoms with Gasteiger partial charge >= 0.3 is 0 Å². The molecule has 1 aliphatic carbocycles. The van der Waals surface area contributed by atoms with Gasteiger partial charge in [0.15, 0.2) is 5.78 Å². The monoisotopic (exact) mass is 248 g/mol. The number of carbonyl (C=O) groups excluding carboxylic acids is 1. The molecule has 0 radical (unpaired) electrons. The van der Waals surface area contributed by atoms with Crippen molar-refractivity contribution >= 4 is 40.3 Å². The average molecular weight is 249 g/mol. The van der Waals surface area contributed by atoms with Gasteiger partial charge in [-0.25, -0.2) is 0 Å². The van der Waals surface area contributed by atoms with Crippen LogP contribution in [0.25, 0.3) is 0 Å². The molecular formula is C10H10Cl2OS. The predicted molar refractivity (Wildman–Crippen MR) is 60.6 cm³/mol. The molecule has 0 N–H and O–H groups in total. The van der Waals surface area contributed by atoms with Crippen LogP contribution in [-0.2, 0) is 0 Å². The largest absolute Gasteiger partial charge is 0.293 e. The molecule has 0 spiro atoms. The van der Waals surface area contributed by atoms with Crippen molar-refractivity contribution in [2.45, 2.75) is 26.2 Å². The second-order valence-electron chi connectivity index (χ2n) is 3.70. The van der Waals surface area contributed by atoms with Gasteiger partial charge in [0.25, 0.3) is 0 Å². The van der Waals surface area contributed by atoms with E-state index in [1.54, 1.807) is 6.07 Å².